The van der Waals surface area contributed by atoms with E-state index in [2.05, 4.69) is 0 Å². The average molecular weight is 633 g/mol. The van der Waals surface area contributed by atoms with Crippen molar-refractivity contribution in [2.45, 2.75) is 22.0 Å². The first-order chi connectivity index (χ1) is 9.86. The second-order valence-corrected chi connectivity index (χ2v) is 20.9. The van der Waals surface area contributed by atoms with Crippen LogP contribution in [-0.2, 0) is 25.2 Å². The first kappa shape index (κ1) is 24.4. The third-order valence-electron chi connectivity index (χ3n) is 1.05. The fraction of sp³-hybridized carbons (Fsp3) is 1.00. The van der Waals surface area contributed by atoms with Crippen LogP contribution in [0.5, 0.6) is 0 Å². The standard InChI is InChI=1S/2C2F6NS2.Hg/c2*3-1(4,5)10-9-11-2(6,7)8;/q2*-1;+2. The summed E-state index contributed by atoms with van der Waals surface area (Å²) in [5, 5.41) is 0. The van der Waals surface area contributed by atoms with Crippen LogP contribution in [0.3, 0.4) is 0 Å². The molecular formula is C4F12HgN2S4. The Morgan fingerprint density at radius 2 is 0.609 bits per heavy atom. The number of rotatable bonds is 6. The van der Waals surface area contributed by atoms with Gasteiger partial charge in [0.15, 0.2) is 0 Å². The van der Waals surface area contributed by atoms with Crippen molar-refractivity contribution in [1.82, 2.24) is 2.95 Å². The molecule has 0 aromatic heterocycles. The van der Waals surface area contributed by atoms with Gasteiger partial charge in [-0.3, -0.25) is 0 Å². The van der Waals surface area contributed by atoms with Gasteiger partial charge in [0.05, 0.1) is 0 Å². The Labute approximate surface area is 150 Å². The first-order valence-electron chi connectivity index (χ1n) is 4.45. The fourth-order valence-corrected chi connectivity index (χ4v) is 20.0. The number of halogens is 12. The van der Waals surface area contributed by atoms with Gasteiger partial charge in [-0.25, -0.2) is 0 Å². The molecule has 0 aliphatic heterocycles. The SMILES string of the molecule is FC(F)(F)S[N](SC(F)(F)F)[Hg][N](SC(F)(F)F)SC(F)(F)F. The molecule has 0 bridgehead atoms. The molecule has 0 saturated heterocycles. The van der Waals surface area contributed by atoms with Crippen molar-refractivity contribution < 1.29 is 77.9 Å². The van der Waals surface area contributed by atoms with E-state index in [-0.39, 0.29) is 0 Å². The Hall–Kier alpha value is 1.42. The summed E-state index contributed by atoms with van der Waals surface area (Å²) >= 11 is -10.0. The van der Waals surface area contributed by atoms with Crippen molar-refractivity contribution in [2.75, 3.05) is 0 Å². The topological polar surface area (TPSA) is 6.48 Å². The summed E-state index contributed by atoms with van der Waals surface area (Å²) in [6.45, 7) is 0. The Kier molecular flexibility index (Phi) is 9.42. The van der Waals surface area contributed by atoms with E-state index in [4.69, 9.17) is 0 Å². The monoisotopic (exact) mass is 634 g/mol. The molecule has 19 heteroatoms. The van der Waals surface area contributed by atoms with Crippen LogP contribution in [0.15, 0.2) is 0 Å². The molecule has 0 amide bonds. The van der Waals surface area contributed by atoms with E-state index in [0.29, 0.717) is 0 Å². The van der Waals surface area contributed by atoms with Crippen LogP contribution in [0.25, 0.3) is 0 Å². The second kappa shape index (κ2) is 8.87. The van der Waals surface area contributed by atoms with Gasteiger partial charge < -0.3 is 0 Å². The molecule has 0 aromatic rings. The molecule has 0 atom stereocenters. The van der Waals surface area contributed by atoms with E-state index in [1.165, 1.54) is 0 Å². The average Bonchev–Trinajstić information content (AvgIpc) is 2.03. The maximum absolute atomic E-state index is 12.1. The zero-order valence-corrected chi connectivity index (χ0v) is 18.5. The molecule has 0 saturated carbocycles. The molecule has 0 heterocycles. The zero-order valence-electron chi connectivity index (χ0n) is 9.77. The molecule has 0 spiro atoms. The Bertz CT molecular complexity index is 298. The maximum atomic E-state index is 12.1. The van der Waals surface area contributed by atoms with Crippen molar-refractivity contribution in [3.8, 4) is 0 Å². The minimum absolute atomic E-state index is 0.572. The van der Waals surface area contributed by atoms with Crippen LogP contribution in [0.4, 0.5) is 52.7 Å². The van der Waals surface area contributed by atoms with Crippen LogP contribution >= 0.6 is 47.8 Å². The van der Waals surface area contributed by atoms with Gasteiger partial charge in [0.2, 0.25) is 0 Å². The molecule has 0 N–H and O–H groups in total. The summed E-state index contributed by atoms with van der Waals surface area (Å²) in [5.74, 6) is 0. The van der Waals surface area contributed by atoms with E-state index in [0.717, 1.165) is 0 Å². The number of alkyl halides is 12. The number of nitrogens with zero attached hydrogens (tertiary/aromatic N) is 2. The van der Waals surface area contributed by atoms with Crippen LogP contribution < -0.4 is 0 Å². The summed E-state index contributed by atoms with van der Waals surface area (Å²) in [4.78, 5) is 0. The Morgan fingerprint density at radius 3 is 0.739 bits per heavy atom. The van der Waals surface area contributed by atoms with Crippen molar-refractivity contribution in [2.24, 2.45) is 0 Å². The van der Waals surface area contributed by atoms with E-state index in [9.17, 15) is 52.7 Å². The first-order valence-corrected chi connectivity index (χ1v) is 12.5. The summed E-state index contributed by atoms with van der Waals surface area (Å²) in [6, 6.07) is 0. The molecule has 0 aromatic carbocycles. The normalized spacial score (nSPS) is 14.5. The molecule has 0 aliphatic carbocycles. The van der Waals surface area contributed by atoms with Crippen molar-refractivity contribution >= 4 is 47.8 Å². The van der Waals surface area contributed by atoms with Gasteiger partial charge in [0, 0.05) is 0 Å². The van der Waals surface area contributed by atoms with Gasteiger partial charge in [-0.1, -0.05) is 0 Å². The summed E-state index contributed by atoms with van der Waals surface area (Å²) in [6.07, 6.45) is 0. The van der Waals surface area contributed by atoms with Crippen molar-refractivity contribution in [3.63, 3.8) is 0 Å². The molecule has 23 heavy (non-hydrogen) atoms. The Balaban J connectivity index is 5.15. The molecule has 2 nitrogen and oxygen atoms in total. The Morgan fingerprint density at radius 1 is 0.435 bits per heavy atom. The van der Waals surface area contributed by atoms with Crippen molar-refractivity contribution in [3.05, 3.63) is 0 Å². The molecule has 136 valence electrons. The molecule has 0 aliphatic rings. The molecule has 0 unspecified atom stereocenters. The van der Waals surface area contributed by atoms with Gasteiger partial charge in [-0.05, 0) is 0 Å². The van der Waals surface area contributed by atoms with Gasteiger partial charge in [-0.15, -0.1) is 0 Å². The second-order valence-electron chi connectivity index (χ2n) is 2.96. The zero-order chi connectivity index (χ0) is 18.7. The summed E-state index contributed by atoms with van der Waals surface area (Å²) in [5.41, 5.74) is -21.2. The van der Waals surface area contributed by atoms with Crippen molar-refractivity contribution in [1.29, 1.82) is 0 Å². The van der Waals surface area contributed by atoms with E-state index < -0.39 is 98.0 Å². The van der Waals surface area contributed by atoms with E-state index in [1.807, 2.05) is 0 Å². The molecule has 0 fully saturated rings. The van der Waals surface area contributed by atoms with Crippen LogP contribution in [0.1, 0.15) is 0 Å². The van der Waals surface area contributed by atoms with E-state index >= 15 is 0 Å². The molecule has 0 radical (unpaired) electrons. The minimum atomic E-state index is -5.30. The number of hydrogen-bond donors (Lipinski definition) is 0. The fourth-order valence-electron chi connectivity index (χ4n) is 0.709. The van der Waals surface area contributed by atoms with Crippen LogP contribution in [0, 0.1) is 0 Å². The number of hydrogen-bond acceptors (Lipinski definition) is 6. The van der Waals surface area contributed by atoms with Gasteiger partial charge in [0.25, 0.3) is 0 Å². The third kappa shape index (κ3) is 16.6. The molecule has 0 rings (SSSR count). The van der Waals surface area contributed by atoms with Gasteiger partial charge in [0.1, 0.15) is 0 Å². The predicted octanol–water partition coefficient (Wildman–Crippen LogP) is 6.17. The van der Waals surface area contributed by atoms with Crippen LogP contribution in [-0.4, -0.2) is 25.0 Å². The predicted molar refractivity (Wildman–Crippen MR) is 58.3 cm³/mol. The van der Waals surface area contributed by atoms with Crippen LogP contribution in [0.2, 0.25) is 0 Å². The third-order valence-corrected chi connectivity index (χ3v) is 15.5. The molecular weight excluding hydrogens is 633 g/mol. The van der Waals surface area contributed by atoms with E-state index in [1.54, 1.807) is 0 Å². The summed E-state index contributed by atoms with van der Waals surface area (Å²) < 4.78 is 144. The quantitative estimate of drug-likeness (QED) is 0.195. The summed E-state index contributed by atoms with van der Waals surface area (Å²) in [7, 11) is 0. The van der Waals surface area contributed by atoms with Gasteiger partial charge >= 0.3 is 151 Å². The van der Waals surface area contributed by atoms with Gasteiger partial charge in [-0.2, -0.15) is 0 Å².